The van der Waals surface area contributed by atoms with Crippen LogP contribution in [0.1, 0.15) is 72.3 Å². The average molecular weight is 806 g/mol. The first-order valence-corrected chi connectivity index (χ1v) is 22.4. The molecule has 1 aliphatic carbocycles. The summed E-state index contributed by atoms with van der Waals surface area (Å²) < 4.78 is 29.0. The molecule has 2 heterocycles. The Balaban J connectivity index is 1.08. The fourth-order valence-corrected chi connectivity index (χ4v) is 11.4. The van der Waals surface area contributed by atoms with E-state index in [-0.39, 0.29) is 36.9 Å². The quantitative estimate of drug-likeness (QED) is 0.120. The van der Waals surface area contributed by atoms with Gasteiger partial charge in [-0.2, -0.15) is 4.31 Å². The number of amides is 2. The van der Waals surface area contributed by atoms with Crippen molar-refractivity contribution >= 4 is 65.4 Å². The molecule has 2 aliphatic heterocycles. The summed E-state index contributed by atoms with van der Waals surface area (Å²) in [5.74, 6) is -0.924. The maximum absolute atomic E-state index is 14.2. The number of hydrogen-bond donors (Lipinski definition) is 3. The molecule has 6 aromatic carbocycles. The Kier molecular flexibility index (Phi) is 10.8. The Morgan fingerprint density at radius 1 is 0.797 bits per heavy atom. The van der Waals surface area contributed by atoms with E-state index in [0.717, 1.165) is 70.7 Å². The van der Waals surface area contributed by atoms with Crippen LogP contribution in [0.4, 0.5) is 5.69 Å². The number of carbonyl (C=O) groups excluding carboxylic acids is 2. The second kappa shape index (κ2) is 16.3. The van der Waals surface area contributed by atoms with Crippen LogP contribution in [0.25, 0.3) is 37.9 Å². The molecule has 0 unspecified atom stereocenters. The summed E-state index contributed by atoms with van der Waals surface area (Å²) in [5.41, 5.74) is 13.2. The highest BCUT2D eigenvalue weighted by atomic mass is 32.2. The van der Waals surface area contributed by atoms with Crippen molar-refractivity contribution in [3.8, 4) is 0 Å². The Morgan fingerprint density at radius 3 is 2.29 bits per heavy atom. The van der Waals surface area contributed by atoms with Gasteiger partial charge in [0, 0.05) is 37.5 Å². The van der Waals surface area contributed by atoms with Gasteiger partial charge in [-0.05, 0) is 124 Å². The number of nitrogens with one attached hydrogen (secondary N) is 2. The van der Waals surface area contributed by atoms with Gasteiger partial charge in [0.05, 0.1) is 17.0 Å². The minimum atomic E-state index is -4.09. The van der Waals surface area contributed by atoms with E-state index in [1.54, 1.807) is 12.1 Å². The molecular weight excluding hydrogens is 755 g/mol. The van der Waals surface area contributed by atoms with Crippen LogP contribution in [0.15, 0.2) is 115 Å². The highest BCUT2D eigenvalue weighted by molar-refractivity contribution is 7.89. The van der Waals surface area contributed by atoms with Crippen molar-refractivity contribution in [3.63, 3.8) is 0 Å². The van der Waals surface area contributed by atoms with E-state index < -0.39 is 27.9 Å². The van der Waals surface area contributed by atoms with Crippen LogP contribution in [0.2, 0.25) is 0 Å². The zero-order chi connectivity index (χ0) is 40.7. The van der Waals surface area contributed by atoms with Crippen molar-refractivity contribution < 1.29 is 18.0 Å². The molecule has 3 aliphatic rings. The molecule has 2 amide bonds. The van der Waals surface area contributed by atoms with Gasteiger partial charge in [0.2, 0.25) is 21.8 Å². The summed E-state index contributed by atoms with van der Waals surface area (Å²) in [6.07, 6.45) is 6.27. The fraction of sp³-hybridized carbons (Fsp3) is 0.306. The molecule has 59 heavy (non-hydrogen) atoms. The lowest BCUT2D eigenvalue weighted by molar-refractivity contribution is -0.130. The number of sulfonamides is 1. The number of aryl methyl sites for hydroxylation is 1. The van der Waals surface area contributed by atoms with Crippen molar-refractivity contribution in [1.82, 2.24) is 14.5 Å². The average Bonchev–Trinajstić information content (AvgIpc) is 3.27. The molecule has 302 valence electrons. The largest absolute Gasteiger partial charge is 0.353 e. The number of fused-ring (bicyclic) bond motifs is 6. The molecule has 0 spiro atoms. The molecule has 0 saturated carbocycles. The molecule has 4 N–H and O–H groups in total. The van der Waals surface area contributed by atoms with Gasteiger partial charge in [-0.1, -0.05) is 97.9 Å². The number of nitrogens with zero attached hydrogens (tertiary/aromatic N) is 2. The Hall–Kier alpha value is -5.39. The van der Waals surface area contributed by atoms with Gasteiger partial charge in [0.25, 0.3) is 0 Å². The number of piperidine rings is 1. The minimum absolute atomic E-state index is 0.000811. The molecule has 0 aromatic heterocycles. The highest BCUT2D eigenvalue weighted by Crippen LogP contribution is 2.46. The first-order valence-electron chi connectivity index (χ1n) is 21.0. The first-order chi connectivity index (χ1) is 28.7. The molecule has 9 nitrogen and oxygen atoms in total. The predicted octanol–water partition coefficient (Wildman–Crippen LogP) is 8.09. The van der Waals surface area contributed by atoms with Crippen molar-refractivity contribution in [2.75, 3.05) is 38.0 Å². The van der Waals surface area contributed by atoms with Crippen molar-refractivity contribution in [1.29, 1.82) is 0 Å². The molecule has 2 atom stereocenters. The van der Waals surface area contributed by atoms with Gasteiger partial charge < -0.3 is 16.4 Å². The second-order valence-corrected chi connectivity index (χ2v) is 18.2. The molecule has 10 heteroatoms. The zero-order valence-corrected chi connectivity index (χ0v) is 34.2. The Labute approximate surface area is 346 Å². The predicted molar refractivity (Wildman–Crippen MR) is 238 cm³/mol. The summed E-state index contributed by atoms with van der Waals surface area (Å²) in [7, 11) is -4.09. The molecule has 6 aromatic rings. The SMILES string of the molecule is C=C(CN1CCCCC1)c1cc2c3c(ccc2c2ccccc12)[C@H](c1ccc2ccccc2c1NC(=O)C[C@@H]1C(=O)NCCN1S(=O)(=O)c1ccc(CN)cc1)CCC3. The van der Waals surface area contributed by atoms with E-state index in [4.69, 9.17) is 5.73 Å². The van der Waals surface area contributed by atoms with E-state index in [9.17, 15) is 18.0 Å². The van der Waals surface area contributed by atoms with Gasteiger partial charge in [0.15, 0.2) is 0 Å². The summed E-state index contributed by atoms with van der Waals surface area (Å²) in [6, 6.07) is 33.0. The lowest BCUT2D eigenvalue weighted by atomic mass is 9.75. The fourth-order valence-electron chi connectivity index (χ4n) is 9.78. The maximum atomic E-state index is 14.2. The van der Waals surface area contributed by atoms with E-state index in [2.05, 4.69) is 76.7 Å². The lowest BCUT2D eigenvalue weighted by Gasteiger charge is -2.34. The van der Waals surface area contributed by atoms with E-state index in [0.29, 0.717) is 5.69 Å². The van der Waals surface area contributed by atoms with Gasteiger partial charge in [-0.15, -0.1) is 0 Å². The topological polar surface area (TPSA) is 125 Å². The van der Waals surface area contributed by atoms with Crippen molar-refractivity contribution in [2.24, 2.45) is 5.73 Å². The van der Waals surface area contributed by atoms with Gasteiger partial charge >= 0.3 is 0 Å². The van der Waals surface area contributed by atoms with Crippen LogP contribution in [0, 0.1) is 0 Å². The maximum Gasteiger partial charge on any atom is 0.243 e. The van der Waals surface area contributed by atoms with Crippen molar-refractivity contribution in [3.05, 3.63) is 138 Å². The van der Waals surface area contributed by atoms with E-state index >= 15 is 0 Å². The van der Waals surface area contributed by atoms with Gasteiger partial charge in [-0.25, -0.2) is 8.42 Å². The van der Waals surface area contributed by atoms with Gasteiger partial charge in [0.1, 0.15) is 6.04 Å². The number of rotatable bonds is 10. The number of benzene rings is 6. The number of nitrogens with two attached hydrogens (primary N) is 1. The smallest absolute Gasteiger partial charge is 0.243 e. The normalized spacial score (nSPS) is 19.1. The van der Waals surface area contributed by atoms with Crippen LogP contribution in [0.3, 0.4) is 0 Å². The summed E-state index contributed by atoms with van der Waals surface area (Å²) >= 11 is 0. The standard InChI is InChI=1S/C49H51N5O4S/c1-32(31-53-25-7-2-8-26-53)44-28-45-40-15-9-14-38(41(40)22-23-42(45)37-12-5-6-13-39(37)44)43-21-18-34-10-3-4-11-36(34)48(43)52-47(55)29-46-49(56)51-24-27-54(46)59(57,58)35-19-16-33(30-50)17-20-35/h3-6,10-13,16-23,28,38,46H,1-2,7-9,14-15,24-27,29-31,50H2,(H,51,56)(H,52,55)/t38-,46-/m1/s1. The number of likely N-dealkylation sites (tertiary alicyclic amines) is 1. The Morgan fingerprint density at radius 2 is 1.51 bits per heavy atom. The highest BCUT2D eigenvalue weighted by Gasteiger charge is 2.40. The number of hydrogen-bond acceptors (Lipinski definition) is 6. The molecule has 2 saturated heterocycles. The summed E-state index contributed by atoms with van der Waals surface area (Å²) in [5, 5.41) is 12.8. The molecular formula is C49H51N5O4S. The van der Waals surface area contributed by atoms with Crippen LogP contribution < -0.4 is 16.4 Å². The molecule has 0 radical (unpaired) electrons. The summed E-state index contributed by atoms with van der Waals surface area (Å²) in [4.78, 5) is 30.2. The van der Waals surface area contributed by atoms with Crippen LogP contribution in [-0.4, -0.2) is 68.2 Å². The van der Waals surface area contributed by atoms with E-state index in [1.807, 2.05) is 24.3 Å². The lowest BCUT2D eigenvalue weighted by Crippen LogP contribution is -2.57. The third-order valence-electron chi connectivity index (χ3n) is 12.8. The minimum Gasteiger partial charge on any atom is -0.353 e. The second-order valence-electron chi connectivity index (χ2n) is 16.4. The summed E-state index contributed by atoms with van der Waals surface area (Å²) in [6.45, 7) is 8.24. The van der Waals surface area contributed by atoms with Crippen LogP contribution in [-0.2, 0) is 32.6 Å². The molecule has 9 rings (SSSR count). The van der Waals surface area contributed by atoms with E-state index in [1.165, 1.54) is 69.6 Å². The Bertz CT molecular complexity index is 2720. The molecule has 2 fully saturated rings. The molecule has 0 bridgehead atoms. The van der Waals surface area contributed by atoms with Crippen LogP contribution in [0.5, 0.6) is 0 Å². The first kappa shape index (κ1) is 39.1. The monoisotopic (exact) mass is 805 g/mol. The zero-order valence-electron chi connectivity index (χ0n) is 33.4. The van der Waals surface area contributed by atoms with Crippen molar-refractivity contribution in [2.45, 2.75) is 68.3 Å². The number of carbonyl (C=O) groups is 2. The number of piperazine rings is 1. The number of anilines is 1. The van der Waals surface area contributed by atoms with Gasteiger partial charge in [-0.3, -0.25) is 14.5 Å². The third-order valence-corrected chi connectivity index (χ3v) is 14.7. The van der Waals surface area contributed by atoms with Crippen LogP contribution >= 0.6 is 0 Å². The third kappa shape index (κ3) is 7.44.